The van der Waals surface area contributed by atoms with Crippen molar-refractivity contribution in [2.45, 2.75) is 13.3 Å². The molecule has 0 aromatic heterocycles. The van der Waals surface area contributed by atoms with Crippen molar-refractivity contribution in [2.24, 2.45) is 5.92 Å². The number of hydrogen-bond donors (Lipinski definition) is 0. The molecule has 18 heavy (non-hydrogen) atoms. The number of hydrogen-bond acceptors (Lipinski definition) is 2. The second-order valence-electron chi connectivity index (χ2n) is 4.45. The van der Waals surface area contributed by atoms with E-state index in [1.54, 1.807) is 23.1 Å². The van der Waals surface area contributed by atoms with Gasteiger partial charge in [0.05, 0.1) is 5.69 Å². The van der Waals surface area contributed by atoms with Gasteiger partial charge in [-0.1, -0.05) is 6.07 Å². The standard InChI is InChI=1S/C13H13BrClNO2/c1-8(17)10-2-3-11(14)12(5-10)16-7-9(6-15)4-13(16)18/h2-3,5,9H,4,6-7H2,1H3. The Kier molecular flexibility index (Phi) is 4.07. The summed E-state index contributed by atoms with van der Waals surface area (Å²) >= 11 is 9.22. The Bertz CT molecular complexity index is 504. The first-order valence-corrected chi connectivity index (χ1v) is 7.02. The number of anilines is 1. The fraction of sp³-hybridized carbons (Fsp3) is 0.385. The Morgan fingerprint density at radius 3 is 2.83 bits per heavy atom. The van der Waals surface area contributed by atoms with Crippen LogP contribution in [0.4, 0.5) is 5.69 Å². The largest absolute Gasteiger partial charge is 0.311 e. The Hall–Kier alpha value is -0.870. The van der Waals surface area contributed by atoms with Gasteiger partial charge in [0.2, 0.25) is 5.91 Å². The summed E-state index contributed by atoms with van der Waals surface area (Å²) in [7, 11) is 0. The number of amides is 1. The highest BCUT2D eigenvalue weighted by Gasteiger charge is 2.31. The predicted octanol–water partition coefficient (Wildman–Crippen LogP) is 3.24. The zero-order valence-electron chi connectivity index (χ0n) is 9.95. The van der Waals surface area contributed by atoms with Crippen LogP contribution >= 0.6 is 27.5 Å². The summed E-state index contributed by atoms with van der Waals surface area (Å²) in [5.41, 5.74) is 1.36. The molecule has 1 aliphatic rings. The summed E-state index contributed by atoms with van der Waals surface area (Å²) < 4.78 is 0.816. The maximum Gasteiger partial charge on any atom is 0.227 e. The Morgan fingerprint density at radius 1 is 1.56 bits per heavy atom. The number of carbonyl (C=O) groups is 2. The van der Waals surface area contributed by atoms with Crippen LogP contribution in [0.25, 0.3) is 0 Å². The summed E-state index contributed by atoms with van der Waals surface area (Å²) in [5, 5.41) is 0. The zero-order valence-corrected chi connectivity index (χ0v) is 12.3. The lowest BCUT2D eigenvalue weighted by Crippen LogP contribution is -2.25. The van der Waals surface area contributed by atoms with E-state index in [-0.39, 0.29) is 17.6 Å². The third kappa shape index (κ3) is 2.59. The Labute approximate surface area is 119 Å². The lowest BCUT2D eigenvalue weighted by molar-refractivity contribution is -0.117. The molecule has 1 fully saturated rings. The quantitative estimate of drug-likeness (QED) is 0.630. The second kappa shape index (κ2) is 5.41. The Morgan fingerprint density at radius 2 is 2.28 bits per heavy atom. The van der Waals surface area contributed by atoms with Crippen LogP contribution in [0.1, 0.15) is 23.7 Å². The second-order valence-corrected chi connectivity index (χ2v) is 5.61. The maximum atomic E-state index is 11.9. The van der Waals surface area contributed by atoms with Gasteiger partial charge in [-0.15, -0.1) is 11.6 Å². The smallest absolute Gasteiger partial charge is 0.227 e. The number of benzene rings is 1. The van der Waals surface area contributed by atoms with E-state index in [2.05, 4.69) is 15.9 Å². The van der Waals surface area contributed by atoms with Crippen molar-refractivity contribution in [2.75, 3.05) is 17.3 Å². The van der Waals surface area contributed by atoms with Gasteiger partial charge in [0.15, 0.2) is 5.78 Å². The molecular formula is C13H13BrClNO2. The summed E-state index contributed by atoms with van der Waals surface area (Å²) in [6, 6.07) is 5.30. The predicted molar refractivity (Wildman–Crippen MR) is 75.3 cm³/mol. The molecule has 1 atom stereocenters. The number of rotatable bonds is 3. The molecule has 0 spiro atoms. The van der Waals surface area contributed by atoms with Gasteiger partial charge < -0.3 is 4.90 Å². The monoisotopic (exact) mass is 329 g/mol. The molecule has 1 aromatic rings. The van der Waals surface area contributed by atoms with Crippen molar-refractivity contribution in [3.8, 4) is 0 Å². The van der Waals surface area contributed by atoms with E-state index >= 15 is 0 Å². The fourth-order valence-electron chi connectivity index (χ4n) is 2.06. The van der Waals surface area contributed by atoms with Crippen molar-refractivity contribution in [1.29, 1.82) is 0 Å². The van der Waals surface area contributed by atoms with Crippen LogP contribution < -0.4 is 4.90 Å². The number of carbonyl (C=O) groups excluding carboxylic acids is 2. The van der Waals surface area contributed by atoms with E-state index in [0.29, 0.717) is 24.4 Å². The van der Waals surface area contributed by atoms with Gasteiger partial charge >= 0.3 is 0 Å². The minimum absolute atomic E-state index is 0.00992. The topological polar surface area (TPSA) is 37.4 Å². The molecule has 0 N–H and O–H groups in total. The molecule has 1 saturated heterocycles. The highest BCUT2D eigenvalue weighted by molar-refractivity contribution is 9.10. The van der Waals surface area contributed by atoms with E-state index in [4.69, 9.17) is 11.6 Å². The zero-order chi connectivity index (χ0) is 13.3. The highest BCUT2D eigenvalue weighted by atomic mass is 79.9. The molecule has 0 aliphatic carbocycles. The molecule has 1 heterocycles. The number of halogens is 2. The molecular weight excluding hydrogens is 318 g/mol. The van der Waals surface area contributed by atoms with E-state index in [0.717, 1.165) is 10.2 Å². The van der Waals surface area contributed by atoms with Crippen LogP contribution in [0.2, 0.25) is 0 Å². The van der Waals surface area contributed by atoms with Crippen LogP contribution in [0.5, 0.6) is 0 Å². The minimum Gasteiger partial charge on any atom is -0.311 e. The van der Waals surface area contributed by atoms with Gasteiger partial charge in [0.1, 0.15) is 0 Å². The minimum atomic E-state index is -0.00992. The molecule has 5 heteroatoms. The Balaban J connectivity index is 2.35. The SMILES string of the molecule is CC(=O)c1ccc(Br)c(N2CC(CCl)CC2=O)c1. The van der Waals surface area contributed by atoms with Crippen LogP contribution in [0.3, 0.4) is 0 Å². The lowest BCUT2D eigenvalue weighted by atomic mass is 10.1. The van der Waals surface area contributed by atoms with Gasteiger partial charge in [0.25, 0.3) is 0 Å². The van der Waals surface area contributed by atoms with E-state index < -0.39 is 0 Å². The van der Waals surface area contributed by atoms with Gasteiger partial charge in [-0.25, -0.2) is 0 Å². The van der Waals surface area contributed by atoms with Crippen LogP contribution in [0, 0.1) is 5.92 Å². The number of nitrogens with zero attached hydrogens (tertiary/aromatic N) is 1. The third-order valence-corrected chi connectivity index (χ3v) is 4.17. The third-order valence-electron chi connectivity index (χ3n) is 3.07. The van der Waals surface area contributed by atoms with Gasteiger partial charge in [-0.3, -0.25) is 9.59 Å². The lowest BCUT2D eigenvalue weighted by Gasteiger charge is -2.18. The molecule has 0 saturated carbocycles. The average Bonchev–Trinajstić information content (AvgIpc) is 2.71. The van der Waals surface area contributed by atoms with Crippen LogP contribution in [-0.4, -0.2) is 24.1 Å². The van der Waals surface area contributed by atoms with Gasteiger partial charge in [-0.05, 0) is 40.9 Å². The van der Waals surface area contributed by atoms with E-state index in [1.165, 1.54) is 6.92 Å². The first-order chi connectivity index (χ1) is 8.52. The summed E-state index contributed by atoms with van der Waals surface area (Å²) in [6.45, 7) is 2.13. The van der Waals surface area contributed by atoms with Crippen molar-refractivity contribution >= 4 is 44.9 Å². The molecule has 1 unspecified atom stereocenters. The normalized spacial score (nSPS) is 19.4. The van der Waals surface area contributed by atoms with Crippen molar-refractivity contribution in [3.63, 3.8) is 0 Å². The van der Waals surface area contributed by atoms with Gasteiger partial charge in [-0.2, -0.15) is 0 Å². The summed E-state index contributed by atoms with van der Waals surface area (Å²) in [4.78, 5) is 25.0. The van der Waals surface area contributed by atoms with E-state index in [9.17, 15) is 9.59 Å². The maximum absolute atomic E-state index is 11.9. The first-order valence-electron chi connectivity index (χ1n) is 5.69. The number of ketones is 1. The molecule has 2 rings (SSSR count). The molecule has 1 amide bonds. The van der Waals surface area contributed by atoms with Crippen molar-refractivity contribution in [3.05, 3.63) is 28.2 Å². The van der Waals surface area contributed by atoms with Crippen molar-refractivity contribution < 1.29 is 9.59 Å². The van der Waals surface area contributed by atoms with Crippen LogP contribution in [0.15, 0.2) is 22.7 Å². The highest BCUT2D eigenvalue weighted by Crippen LogP contribution is 2.32. The molecule has 0 radical (unpaired) electrons. The van der Waals surface area contributed by atoms with E-state index in [1.807, 2.05) is 0 Å². The first kappa shape index (κ1) is 13.6. The number of alkyl halides is 1. The average molecular weight is 331 g/mol. The molecule has 1 aromatic carbocycles. The summed E-state index contributed by atoms with van der Waals surface area (Å²) in [6.07, 6.45) is 0.472. The van der Waals surface area contributed by atoms with Crippen LogP contribution in [-0.2, 0) is 4.79 Å². The molecule has 0 bridgehead atoms. The molecule has 3 nitrogen and oxygen atoms in total. The summed E-state index contributed by atoms with van der Waals surface area (Å²) in [5.74, 6) is 0.713. The fourth-order valence-corrected chi connectivity index (χ4v) is 2.72. The van der Waals surface area contributed by atoms with Crippen molar-refractivity contribution in [1.82, 2.24) is 0 Å². The van der Waals surface area contributed by atoms with Gasteiger partial charge in [0, 0.05) is 28.9 Å². The molecule has 1 aliphatic heterocycles. The number of Topliss-reactive ketones (excluding diaryl/α,β-unsaturated/α-hetero) is 1. The molecule has 96 valence electrons.